The SMILES string of the molecule is CC[C@]1(N)C[C@H](c2ncc(-c3nnn(C)n3)c(Cc3cc(C(F)(F)F)cc(C(F)(F)F)c3)n2)c2cc(C(F)(F)F)ccc2N1C(=O)O. The van der Waals surface area contributed by atoms with Gasteiger partial charge in [0.1, 0.15) is 11.5 Å². The molecule has 0 fully saturated rings. The number of hydrogen-bond acceptors (Lipinski definition) is 7. The zero-order chi connectivity index (χ0) is 34.7. The maximum Gasteiger partial charge on any atom is 0.416 e. The molecular weight excluding hydrogens is 651 g/mol. The fourth-order valence-electron chi connectivity index (χ4n) is 5.46. The van der Waals surface area contributed by atoms with Crippen molar-refractivity contribution in [3.05, 3.63) is 81.9 Å². The lowest BCUT2D eigenvalue weighted by Crippen LogP contribution is -2.61. The van der Waals surface area contributed by atoms with Crippen LogP contribution < -0.4 is 10.6 Å². The molecule has 3 N–H and O–H groups in total. The van der Waals surface area contributed by atoms with Crippen LogP contribution in [-0.2, 0) is 32.0 Å². The monoisotopic (exact) mass is 674 g/mol. The van der Waals surface area contributed by atoms with E-state index < -0.39 is 64.9 Å². The van der Waals surface area contributed by atoms with Crippen LogP contribution >= 0.6 is 0 Å². The molecule has 0 aliphatic carbocycles. The molecular formula is C28H23F9N8O2. The van der Waals surface area contributed by atoms with E-state index in [-0.39, 0.29) is 53.1 Å². The molecule has 0 spiro atoms. The van der Waals surface area contributed by atoms with Crippen LogP contribution in [-0.4, -0.2) is 47.0 Å². The fourth-order valence-corrected chi connectivity index (χ4v) is 5.46. The summed E-state index contributed by atoms with van der Waals surface area (Å²) in [5.74, 6) is -1.55. The first kappa shape index (κ1) is 33.6. The minimum absolute atomic E-state index is 0.00478. The molecule has 0 saturated carbocycles. The van der Waals surface area contributed by atoms with E-state index in [4.69, 9.17) is 5.73 Å². The number of benzene rings is 2. The molecule has 2 atom stereocenters. The van der Waals surface area contributed by atoms with Gasteiger partial charge >= 0.3 is 24.6 Å². The lowest BCUT2D eigenvalue weighted by atomic mass is 9.80. The van der Waals surface area contributed by atoms with Crippen molar-refractivity contribution in [2.45, 2.75) is 56.3 Å². The lowest BCUT2D eigenvalue weighted by molar-refractivity contribution is -0.143. The van der Waals surface area contributed by atoms with Gasteiger partial charge in [-0.2, -0.15) is 44.3 Å². The van der Waals surface area contributed by atoms with Crippen LogP contribution in [0.15, 0.2) is 42.6 Å². The molecule has 5 rings (SSSR count). The molecule has 2 aromatic carbocycles. The summed E-state index contributed by atoms with van der Waals surface area (Å²) in [5.41, 5.74) is -0.426. The Hall–Kier alpha value is -4.81. The second-order valence-electron chi connectivity index (χ2n) is 10.9. The third-order valence-electron chi connectivity index (χ3n) is 7.74. The Labute approximate surface area is 259 Å². The van der Waals surface area contributed by atoms with Gasteiger partial charge in [-0.15, -0.1) is 10.2 Å². The molecule has 4 aromatic rings. The predicted octanol–water partition coefficient (Wildman–Crippen LogP) is 6.40. The second-order valence-corrected chi connectivity index (χ2v) is 10.9. The highest BCUT2D eigenvalue weighted by molar-refractivity contribution is 5.90. The molecule has 0 unspecified atom stereocenters. The van der Waals surface area contributed by atoms with Crippen molar-refractivity contribution in [2.75, 3.05) is 4.90 Å². The summed E-state index contributed by atoms with van der Waals surface area (Å²) >= 11 is 0. The van der Waals surface area contributed by atoms with E-state index in [1.807, 2.05) is 0 Å². The smallest absolute Gasteiger partial charge is 0.416 e. The molecule has 1 aliphatic rings. The molecule has 0 saturated heterocycles. The van der Waals surface area contributed by atoms with Crippen LogP contribution in [0.5, 0.6) is 0 Å². The van der Waals surface area contributed by atoms with Gasteiger partial charge in [-0.1, -0.05) is 6.92 Å². The zero-order valence-electron chi connectivity index (χ0n) is 24.2. The number of hydrogen-bond donors (Lipinski definition) is 2. The number of anilines is 1. The van der Waals surface area contributed by atoms with Crippen molar-refractivity contribution >= 4 is 11.8 Å². The predicted molar refractivity (Wildman–Crippen MR) is 145 cm³/mol. The summed E-state index contributed by atoms with van der Waals surface area (Å²) < 4.78 is 123. The number of nitrogens with two attached hydrogens (primary N) is 1. The first-order chi connectivity index (χ1) is 21.7. The van der Waals surface area contributed by atoms with Gasteiger partial charge in [0.15, 0.2) is 0 Å². The van der Waals surface area contributed by atoms with E-state index in [0.717, 1.165) is 28.0 Å². The van der Waals surface area contributed by atoms with Gasteiger partial charge in [-0.25, -0.2) is 14.8 Å². The van der Waals surface area contributed by atoms with Crippen LogP contribution in [0, 0.1) is 0 Å². The molecule has 0 bridgehead atoms. The third-order valence-corrected chi connectivity index (χ3v) is 7.74. The van der Waals surface area contributed by atoms with Crippen molar-refractivity contribution in [1.82, 2.24) is 30.2 Å². The molecule has 47 heavy (non-hydrogen) atoms. The van der Waals surface area contributed by atoms with Crippen molar-refractivity contribution < 1.29 is 49.4 Å². The van der Waals surface area contributed by atoms with Crippen molar-refractivity contribution in [3.8, 4) is 11.4 Å². The maximum atomic E-state index is 13.8. The molecule has 2 aromatic heterocycles. The van der Waals surface area contributed by atoms with E-state index in [0.29, 0.717) is 18.2 Å². The number of aryl methyl sites for hydroxylation is 1. The van der Waals surface area contributed by atoms with Crippen LogP contribution in [0.25, 0.3) is 11.4 Å². The summed E-state index contributed by atoms with van der Waals surface area (Å²) in [5, 5.41) is 21.5. The normalized spacial score (nSPS) is 18.7. The van der Waals surface area contributed by atoms with Gasteiger partial charge in [-0.05, 0) is 65.6 Å². The standard InChI is InChI=1S/C28H23F9N8O2/c1-3-25(38)11-18(17-10-14(26(29,30)31)4-5-21(17)45(25)24(46)47)22-39-12-19(23-41-43-44(2)42-23)20(40-22)8-13-6-15(27(32,33)34)9-16(7-13)28(35,36)37/h4-7,9-10,12,18H,3,8,11,38H2,1-2H3,(H,46,47)/t18-,25+/m0/s1. The molecule has 0 radical (unpaired) electrons. The largest absolute Gasteiger partial charge is 0.465 e. The minimum atomic E-state index is -5.13. The van der Waals surface area contributed by atoms with Gasteiger partial charge in [0.05, 0.1) is 40.7 Å². The van der Waals surface area contributed by atoms with E-state index >= 15 is 0 Å². The maximum absolute atomic E-state index is 13.8. The Kier molecular flexibility index (Phi) is 8.18. The minimum Gasteiger partial charge on any atom is -0.465 e. The molecule has 3 heterocycles. The molecule has 250 valence electrons. The zero-order valence-corrected chi connectivity index (χ0v) is 24.2. The summed E-state index contributed by atoms with van der Waals surface area (Å²) in [6, 6.07) is 3.38. The van der Waals surface area contributed by atoms with E-state index in [1.54, 1.807) is 6.92 Å². The average Bonchev–Trinajstić information content (AvgIpc) is 3.40. The quantitative estimate of drug-likeness (QED) is 0.232. The topological polar surface area (TPSA) is 136 Å². The average molecular weight is 675 g/mol. The lowest BCUT2D eigenvalue weighted by Gasteiger charge is -2.46. The van der Waals surface area contributed by atoms with E-state index in [1.165, 1.54) is 7.05 Å². The number of halogens is 9. The number of tetrazole rings is 1. The van der Waals surface area contributed by atoms with E-state index in [9.17, 15) is 49.4 Å². The number of rotatable bonds is 5. The summed E-state index contributed by atoms with van der Waals surface area (Å²) in [4.78, 5) is 22.8. The van der Waals surface area contributed by atoms with E-state index in [2.05, 4.69) is 25.4 Å². The van der Waals surface area contributed by atoms with Gasteiger partial charge in [0.2, 0.25) is 5.82 Å². The number of carbonyl (C=O) groups is 1. The Morgan fingerprint density at radius 1 is 0.979 bits per heavy atom. The highest BCUT2D eigenvalue weighted by Gasteiger charge is 2.47. The van der Waals surface area contributed by atoms with Crippen molar-refractivity contribution in [2.24, 2.45) is 12.8 Å². The molecule has 10 nitrogen and oxygen atoms in total. The molecule has 1 aliphatic heterocycles. The second kappa shape index (κ2) is 11.5. The van der Waals surface area contributed by atoms with Crippen LogP contribution in [0.1, 0.15) is 65.0 Å². The van der Waals surface area contributed by atoms with Gasteiger partial charge in [0.25, 0.3) is 0 Å². The Morgan fingerprint density at radius 3 is 2.11 bits per heavy atom. The van der Waals surface area contributed by atoms with Crippen LogP contribution in [0.3, 0.4) is 0 Å². The number of alkyl halides is 9. The Bertz CT molecular complexity index is 1810. The highest BCUT2D eigenvalue weighted by Crippen LogP contribution is 2.47. The Morgan fingerprint density at radius 2 is 1.60 bits per heavy atom. The van der Waals surface area contributed by atoms with Gasteiger partial charge in [0, 0.05) is 18.5 Å². The first-order valence-corrected chi connectivity index (χ1v) is 13.6. The summed E-state index contributed by atoms with van der Waals surface area (Å²) in [6.07, 6.45) is -16.5. The summed E-state index contributed by atoms with van der Waals surface area (Å²) in [7, 11) is 1.39. The van der Waals surface area contributed by atoms with Crippen LogP contribution in [0.2, 0.25) is 0 Å². The van der Waals surface area contributed by atoms with Crippen molar-refractivity contribution in [3.63, 3.8) is 0 Å². The fraction of sp³-hybridized carbons (Fsp3) is 0.357. The number of fused-ring (bicyclic) bond motifs is 1. The number of carboxylic acid groups (broad SMARTS) is 1. The van der Waals surface area contributed by atoms with Crippen molar-refractivity contribution in [1.29, 1.82) is 0 Å². The van der Waals surface area contributed by atoms with Crippen LogP contribution in [0.4, 0.5) is 50.0 Å². The van der Waals surface area contributed by atoms with Gasteiger partial charge in [-0.3, -0.25) is 4.90 Å². The molecule has 19 heteroatoms. The van der Waals surface area contributed by atoms with Gasteiger partial charge < -0.3 is 10.8 Å². The number of amides is 1. The third kappa shape index (κ3) is 6.56. The molecule has 1 amide bonds. The summed E-state index contributed by atoms with van der Waals surface area (Å²) in [6.45, 7) is 1.56. The first-order valence-electron chi connectivity index (χ1n) is 13.6. The number of nitrogens with zero attached hydrogens (tertiary/aromatic N) is 7. The Balaban J connectivity index is 1.72. The highest BCUT2D eigenvalue weighted by atomic mass is 19.4. The number of aromatic nitrogens is 6.